The summed E-state index contributed by atoms with van der Waals surface area (Å²) >= 11 is 7.41. The number of hydrogen-bond donors (Lipinski definition) is 1. The molecular weight excluding hydrogens is 230 g/mol. The van der Waals surface area contributed by atoms with Gasteiger partial charge in [-0.25, -0.2) is 0 Å². The van der Waals surface area contributed by atoms with E-state index in [0.717, 1.165) is 23.1 Å². The molecule has 1 N–H and O–H groups in total. The Morgan fingerprint density at radius 1 is 1.27 bits per heavy atom. The van der Waals surface area contributed by atoms with Crippen molar-refractivity contribution in [2.24, 2.45) is 0 Å². The Morgan fingerprint density at radius 3 is 2.87 bits per heavy atom. The summed E-state index contributed by atoms with van der Waals surface area (Å²) in [6, 6.07) is 3.93. The van der Waals surface area contributed by atoms with Crippen molar-refractivity contribution in [1.29, 1.82) is 0 Å². The molecule has 0 aliphatic heterocycles. The third-order valence-electron chi connectivity index (χ3n) is 1.85. The van der Waals surface area contributed by atoms with Gasteiger partial charge in [0.25, 0.3) is 0 Å². The number of thiophene rings is 1. The number of aromatic nitrogens is 2. The highest BCUT2D eigenvalue weighted by Crippen LogP contribution is 2.20. The molecule has 0 spiro atoms. The van der Waals surface area contributed by atoms with E-state index in [1.807, 2.05) is 12.1 Å². The number of halogens is 1. The van der Waals surface area contributed by atoms with Crippen LogP contribution in [-0.2, 0) is 13.1 Å². The molecule has 5 heteroatoms. The largest absolute Gasteiger partial charge is 0.306 e. The third kappa shape index (κ3) is 3.27. The molecule has 15 heavy (non-hydrogen) atoms. The number of rotatable bonds is 4. The maximum atomic E-state index is 5.82. The van der Waals surface area contributed by atoms with Gasteiger partial charge in [-0.1, -0.05) is 11.6 Å². The van der Waals surface area contributed by atoms with E-state index in [-0.39, 0.29) is 0 Å². The van der Waals surface area contributed by atoms with Gasteiger partial charge in [-0.05, 0) is 12.1 Å². The predicted octanol–water partition coefficient (Wildman–Crippen LogP) is 2.48. The molecule has 2 rings (SSSR count). The Balaban J connectivity index is 1.80. The van der Waals surface area contributed by atoms with Crippen molar-refractivity contribution in [1.82, 2.24) is 15.3 Å². The number of nitrogens with zero attached hydrogens (tertiary/aromatic N) is 2. The highest BCUT2D eigenvalue weighted by atomic mass is 35.5. The predicted molar refractivity (Wildman–Crippen MR) is 61.9 cm³/mol. The molecule has 2 aromatic heterocycles. The van der Waals surface area contributed by atoms with E-state index in [4.69, 9.17) is 11.6 Å². The molecule has 0 aromatic carbocycles. The quantitative estimate of drug-likeness (QED) is 0.891. The standard InChI is InChI=1S/C10H10ClN3S/c11-10-2-1-9(15-10)7-13-6-8-5-12-3-4-14-8/h1-5,13H,6-7H2. The maximum Gasteiger partial charge on any atom is 0.0931 e. The summed E-state index contributed by atoms with van der Waals surface area (Å²) in [7, 11) is 0. The van der Waals surface area contributed by atoms with Crippen LogP contribution in [0.2, 0.25) is 4.34 Å². The van der Waals surface area contributed by atoms with Crippen molar-refractivity contribution < 1.29 is 0 Å². The Kier molecular flexibility index (Phi) is 3.66. The lowest BCUT2D eigenvalue weighted by atomic mass is 10.4. The zero-order valence-electron chi connectivity index (χ0n) is 7.98. The molecule has 3 nitrogen and oxygen atoms in total. The molecule has 0 saturated heterocycles. The maximum absolute atomic E-state index is 5.82. The molecule has 0 fully saturated rings. The van der Waals surface area contributed by atoms with Gasteiger partial charge >= 0.3 is 0 Å². The fourth-order valence-corrected chi connectivity index (χ4v) is 2.24. The van der Waals surface area contributed by atoms with Crippen LogP contribution in [0.15, 0.2) is 30.7 Å². The Morgan fingerprint density at radius 2 is 2.20 bits per heavy atom. The summed E-state index contributed by atoms with van der Waals surface area (Å²) in [4.78, 5) is 9.39. The molecule has 2 heterocycles. The summed E-state index contributed by atoms with van der Waals surface area (Å²) in [6.07, 6.45) is 5.12. The van der Waals surface area contributed by atoms with Crippen LogP contribution in [0.3, 0.4) is 0 Å². The van der Waals surface area contributed by atoms with Crippen LogP contribution in [0.25, 0.3) is 0 Å². The van der Waals surface area contributed by atoms with Crippen molar-refractivity contribution in [3.05, 3.63) is 45.6 Å². The third-order valence-corrected chi connectivity index (χ3v) is 3.08. The first-order valence-corrected chi connectivity index (χ1v) is 5.74. The van der Waals surface area contributed by atoms with E-state index in [9.17, 15) is 0 Å². The van der Waals surface area contributed by atoms with Crippen LogP contribution in [0.1, 0.15) is 10.6 Å². The van der Waals surface area contributed by atoms with E-state index < -0.39 is 0 Å². The normalized spacial score (nSPS) is 10.5. The zero-order chi connectivity index (χ0) is 10.5. The highest BCUT2D eigenvalue weighted by molar-refractivity contribution is 7.16. The Hall–Kier alpha value is -0.970. The minimum Gasteiger partial charge on any atom is -0.306 e. The average Bonchev–Trinajstić information content (AvgIpc) is 2.66. The summed E-state index contributed by atoms with van der Waals surface area (Å²) < 4.78 is 0.825. The molecule has 0 atom stereocenters. The molecule has 0 radical (unpaired) electrons. The molecule has 0 aliphatic rings. The zero-order valence-corrected chi connectivity index (χ0v) is 9.55. The molecule has 0 aliphatic carbocycles. The summed E-state index contributed by atoms with van der Waals surface area (Å²) in [6.45, 7) is 1.54. The lowest BCUT2D eigenvalue weighted by molar-refractivity contribution is 0.683. The minimum absolute atomic E-state index is 0.726. The first-order valence-electron chi connectivity index (χ1n) is 4.54. The lowest BCUT2D eigenvalue weighted by Crippen LogP contribution is -2.12. The van der Waals surface area contributed by atoms with Gasteiger partial charge < -0.3 is 5.32 Å². The second-order valence-electron chi connectivity index (χ2n) is 3.01. The van der Waals surface area contributed by atoms with Crippen LogP contribution in [0.5, 0.6) is 0 Å². The van der Waals surface area contributed by atoms with Crippen LogP contribution < -0.4 is 5.32 Å². The lowest BCUT2D eigenvalue weighted by Gasteiger charge is -2.01. The van der Waals surface area contributed by atoms with E-state index in [1.165, 1.54) is 4.88 Å². The van der Waals surface area contributed by atoms with E-state index in [1.54, 1.807) is 29.9 Å². The Bertz CT molecular complexity index is 416. The van der Waals surface area contributed by atoms with Crippen molar-refractivity contribution in [2.75, 3.05) is 0 Å². The van der Waals surface area contributed by atoms with E-state index in [0.29, 0.717) is 0 Å². The van der Waals surface area contributed by atoms with Gasteiger partial charge in [0.1, 0.15) is 0 Å². The van der Waals surface area contributed by atoms with Gasteiger partial charge in [0, 0.05) is 36.6 Å². The van der Waals surface area contributed by atoms with Gasteiger partial charge in [0.2, 0.25) is 0 Å². The van der Waals surface area contributed by atoms with Gasteiger partial charge in [-0.3, -0.25) is 9.97 Å². The minimum atomic E-state index is 0.726. The van der Waals surface area contributed by atoms with Crippen molar-refractivity contribution in [2.45, 2.75) is 13.1 Å². The first kappa shape index (κ1) is 10.5. The average molecular weight is 240 g/mol. The van der Waals surface area contributed by atoms with Gasteiger partial charge in [0.05, 0.1) is 10.0 Å². The van der Waals surface area contributed by atoms with Gasteiger partial charge in [0.15, 0.2) is 0 Å². The van der Waals surface area contributed by atoms with E-state index >= 15 is 0 Å². The number of hydrogen-bond acceptors (Lipinski definition) is 4. The molecule has 78 valence electrons. The van der Waals surface area contributed by atoms with E-state index in [2.05, 4.69) is 15.3 Å². The molecular formula is C10H10ClN3S. The molecule has 2 aromatic rings. The monoisotopic (exact) mass is 239 g/mol. The number of nitrogens with one attached hydrogen (secondary N) is 1. The smallest absolute Gasteiger partial charge is 0.0931 e. The summed E-state index contributed by atoms with van der Waals surface area (Å²) in [5.74, 6) is 0. The van der Waals surface area contributed by atoms with Crippen LogP contribution in [0, 0.1) is 0 Å². The molecule has 0 amide bonds. The van der Waals surface area contributed by atoms with Gasteiger partial charge in [-0.15, -0.1) is 11.3 Å². The summed E-state index contributed by atoms with van der Waals surface area (Å²) in [5.41, 5.74) is 0.945. The fourth-order valence-electron chi connectivity index (χ4n) is 1.18. The first-order chi connectivity index (χ1) is 7.34. The Labute approximate surface area is 97.2 Å². The van der Waals surface area contributed by atoms with Crippen molar-refractivity contribution in [3.63, 3.8) is 0 Å². The molecule has 0 bridgehead atoms. The molecule has 0 unspecified atom stereocenters. The second kappa shape index (κ2) is 5.21. The highest BCUT2D eigenvalue weighted by Gasteiger charge is 1.98. The summed E-state index contributed by atoms with van der Waals surface area (Å²) in [5, 5.41) is 3.28. The SMILES string of the molecule is Clc1ccc(CNCc2cnccn2)s1. The van der Waals surface area contributed by atoms with Crippen molar-refractivity contribution in [3.8, 4) is 0 Å². The van der Waals surface area contributed by atoms with Crippen molar-refractivity contribution >= 4 is 22.9 Å². The van der Waals surface area contributed by atoms with Crippen LogP contribution >= 0.6 is 22.9 Å². The van der Waals surface area contributed by atoms with Gasteiger partial charge in [-0.2, -0.15) is 0 Å². The second-order valence-corrected chi connectivity index (χ2v) is 4.81. The topological polar surface area (TPSA) is 37.8 Å². The van der Waals surface area contributed by atoms with Crippen LogP contribution in [-0.4, -0.2) is 9.97 Å². The van der Waals surface area contributed by atoms with Crippen LogP contribution in [0.4, 0.5) is 0 Å². The molecule has 0 saturated carbocycles. The fraction of sp³-hybridized carbons (Fsp3) is 0.200.